The maximum absolute atomic E-state index is 11.6. The van der Waals surface area contributed by atoms with E-state index in [9.17, 15) is 4.79 Å². The first-order valence-corrected chi connectivity index (χ1v) is 12.2. The first kappa shape index (κ1) is 20.5. The van der Waals surface area contributed by atoms with Gasteiger partial charge in [-0.25, -0.2) is 4.98 Å². The van der Waals surface area contributed by atoms with Gasteiger partial charge in [0.2, 0.25) is 6.41 Å². The lowest BCUT2D eigenvalue weighted by molar-refractivity contribution is -0.121. The van der Waals surface area contributed by atoms with E-state index in [2.05, 4.69) is 24.8 Å². The summed E-state index contributed by atoms with van der Waals surface area (Å²) < 4.78 is 12.9. The quantitative estimate of drug-likeness (QED) is 0.334. The number of aromatic nitrogens is 4. The average molecular weight is 485 g/mol. The van der Waals surface area contributed by atoms with Crippen molar-refractivity contribution < 1.29 is 13.9 Å². The number of benzene rings is 1. The predicted molar refractivity (Wildman–Crippen MR) is 129 cm³/mol. The van der Waals surface area contributed by atoms with E-state index in [0.717, 1.165) is 46.3 Å². The molecule has 174 valence electrons. The van der Waals surface area contributed by atoms with E-state index >= 15 is 0 Å². The van der Waals surface area contributed by atoms with Gasteiger partial charge in [-0.15, -0.1) is 0 Å². The molecule has 2 fully saturated rings. The minimum absolute atomic E-state index is 0.177. The van der Waals surface area contributed by atoms with Crippen molar-refractivity contribution in [2.24, 2.45) is 0 Å². The number of thiazole rings is 1. The van der Waals surface area contributed by atoms with Gasteiger partial charge in [0.1, 0.15) is 11.3 Å². The van der Waals surface area contributed by atoms with E-state index in [1.54, 1.807) is 18.6 Å². The van der Waals surface area contributed by atoms with Crippen LogP contribution >= 0.6 is 11.3 Å². The Bertz CT molecular complexity index is 1520. The molecule has 5 aromatic rings. The Hall–Kier alpha value is -3.89. The summed E-state index contributed by atoms with van der Waals surface area (Å²) in [6.45, 7) is 2.09. The number of rotatable bonds is 6. The fourth-order valence-electron chi connectivity index (χ4n) is 5.41. The zero-order valence-electron chi connectivity index (χ0n) is 18.6. The third kappa shape index (κ3) is 3.28. The van der Waals surface area contributed by atoms with Crippen molar-refractivity contribution in [2.45, 2.75) is 24.5 Å². The van der Waals surface area contributed by atoms with Crippen molar-refractivity contribution >= 4 is 39.1 Å². The summed E-state index contributed by atoms with van der Waals surface area (Å²) in [6.07, 6.45) is 10.6. The van der Waals surface area contributed by atoms with E-state index in [1.165, 1.54) is 11.3 Å². The Morgan fingerprint density at radius 1 is 1.23 bits per heavy atom. The van der Waals surface area contributed by atoms with Gasteiger partial charge in [0.15, 0.2) is 5.65 Å². The highest BCUT2D eigenvalue weighted by Crippen LogP contribution is 2.47. The molecule has 2 aliphatic rings. The normalized spacial score (nSPS) is 21.8. The fourth-order valence-corrected chi connectivity index (χ4v) is 6.20. The van der Waals surface area contributed by atoms with Gasteiger partial charge >= 0.3 is 0 Å². The molecule has 0 radical (unpaired) electrons. The number of hydrogen-bond acceptors (Lipinski definition) is 9. The molecular formula is C25H20N6O3S. The van der Waals surface area contributed by atoms with Crippen LogP contribution in [0.1, 0.15) is 17.7 Å². The molecule has 2 atom stereocenters. The molecule has 2 saturated heterocycles. The van der Waals surface area contributed by atoms with E-state index in [1.807, 2.05) is 47.7 Å². The summed E-state index contributed by atoms with van der Waals surface area (Å²) in [5.74, 6) is 0.662. The zero-order chi connectivity index (χ0) is 23.4. The Morgan fingerprint density at radius 2 is 2.20 bits per heavy atom. The molecule has 2 bridgehead atoms. The van der Waals surface area contributed by atoms with Crippen LogP contribution in [0.4, 0.5) is 0 Å². The Balaban J connectivity index is 1.16. The molecule has 2 aliphatic heterocycles. The van der Waals surface area contributed by atoms with Crippen molar-refractivity contribution in [2.75, 3.05) is 13.1 Å². The van der Waals surface area contributed by atoms with Crippen LogP contribution in [0.2, 0.25) is 0 Å². The number of furan rings is 1. The number of piperazine rings is 1. The highest BCUT2D eigenvalue weighted by Gasteiger charge is 2.56. The van der Waals surface area contributed by atoms with Crippen LogP contribution in [-0.4, -0.2) is 55.3 Å². The molecule has 1 aromatic carbocycles. The summed E-state index contributed by atoms with van der Waals surface area (Å²) in [5, 5.41) is 1.58. The van der Waals surface area contributed by atoms with Crippen LogP contribution in [0, 0.1) is 0 Å². The monoisotopic (exact) mass is 484 g/mol. The number of hydrogen-bond donors (Lipinski definition) is 0. The third-order valence-corrected chi connectivity index (χ3v) is 7.92. The van der Waals surface area contributed by atoms with Crippen LogP contribution in [0.15, 0.2) is 65.8 Å². The van der Waals surface area contributed by atoms with Crippen molar-refractivity contribution in [3.05, 3.63) is 72.6 Å². The summed E-state index contributed by atoms with van der Waals surface area (Å²) >= 11 is 1.46. The lowest BCUT2D eigenvalue weighted by atomic mass is 9.93. The second-order valence-corrected chi connectivity index (χ2v) is 9.96. The molecule has 4 aromatic heterocycles. The van der Waals surface area contributed by atoms with Gasteiger partial charge in [-0.3, -0.25) is 19.7 Å². The van der Waals surface area contributed by atoms with Crippen molar-refractivity contribution in [1.29, 1.82) is 0 Å². The van der Waals surface area contributed by atoms with Crippen LogP contribution in [0.25, 0.3) is 21.3 Å². The molecule has 6 heterocycles. The van der Waals surface area contributed by atoms with Gasteiger partial charge < -0.3 is 14.1 Å². The topological polar surface area (TPSA) is 97.5 Å². The molecule has 0 saturated carbocycles. The van der Waals surface area contributed by atoms with E-state index in [4.69, 9.17) is 9.15 Å². The largest absolute Gasteiger partial charge is 0.464 e. The van der Waals surface area contributed by atoms with Crippen molar-refractivity contribution in [1.82, 2.24) is 29.7 Å². The molecule has 0 spiro atoms. The number of amides is 1. The summed E-state index contributed by atoms with van der Waals surface area (Å²) in [6, 6.07) is 9.89. The molecule has 0 aliphatic carbocycles. The van der Waals surface area contributed by atoms with E-state index < -0.39 is 0 Å². The number of ether oxygens (including phenoxy) is 1. The van der Waals surface area contributed by atoms with E-state index in [0.29, 0.717) is 29.7 Å². The van der Waals surface area contributed by atoms with Crippen LogP contribution < -0.4 is 4.74 Å². The zero-order valence-corrected chi connectivity index (χ0v) is 19.4. The Morgan fingerprint density at radius 3 is 3.06 bits per heavy atom. The first-order valence-electron chi connectivity index (χ1n) is 11.3. The molecular weight excluding hydrogens is 464 g/mol. The predicted octanol–water partition coefficient (Wildman–Crippen LogP) is 3.96. The molecule has 35 heavy (non-hydrogen) atoms. The lowest BCUT2D eigenvalue weighted by Gasteiger charge is -2.40. The summed E-state index contributed by atoms with van der Waals surface area (Å²) in [4.78, 5) is 33.5. The fraction of sp³-hybridized carbons (Fsp3) is 0.240. The maximum atomic E-state index is 11.6. The van der Waals surface area contributed by atoms with Gasteiger partial charge in [-0.1, -0.05) is 11.3 Å². The number of fused-ring (bicyclic) bond motifs is 4. The summed E-state index contributed by atoms with van der Waals surface area (Å²) in [5.41, 5.74) is 3.08. The van der Waals surface area contributed by atoms with Crippen molar-refractivity contribution in [3.63, 3.8) is 0 Å². The van der Waals surface area contributed by atoms with Crippen LogP contribution in [0.3, 0.4) is 0 Å². The van der Waals surface area contributed by atoms with Crippen LogP contribution in [0.5, 0.6) is 10.9 Å². The Kier molecular flexibility index (Phi) is 4.58. The number of pyridine rings is 1. The maximum Gasteiger partial charge on any atom is 0.281 e. The number of carbonyl (C=O) groups excluding carboxylic acids is 1. The van der Waals surface area contributed by atoms with Gasteiger partial charge in [0.05, 0.1) is 28.4 Å². The smallest absolute Gasteiger partial charge is 0.281 e. The second-order valence-electron chi connectivity index (χ2n) is 8.96. The molecule has 9 nitrogen and oxygen atoms in total. The molecule has 7 rings (SSSR count). The number of nitrogens with zero attached hydrogens (tertiary/aromatic N) is 6. The third-order valence-electron chi connectivity index (χ3n) is 7.04. The average Bonchev–Trinajstić information content (AvgIpc) is 3.66. The van der Waals surface area contributed by atoms with Gasteiger partial charge in [-0.05, 0) is 30.7 Å². The molecule has 0 unspecified atom stereocenters. The molecule has 0 N–H and O–H groups in total. The van der Waals surface area contributed by atoms with Crippen molar-refractivity contribution in [3.8, 4) is 10.9 Å². The van der Waals surface area contributed by atoms with Gasteiger partial charge in [-0.2, -0.15) is 4.98 Å². The molecule has 10 heteroatoms. The SMILES string of the molecule is O=CN1C[C@]2(c3cnccn3)C[C@H]1CN2Cc1coc2cc(Oc3nc4ncccc4s3)ccc12. The highest BCUT2D eigenvalue weighted by molar-refractivity contribution is 7.20. The summed E-state index contributed by atoms with van der Waals surface area (Å²) in [7, 11) is 0. The second kappa shape index (κ2) is 7.82. The lowest BCUT2D eigenvalue weighted by Crippen LogP contribution is -2.51. The van der Waals surface area contributed by atoms with Gasteiger partial charge in [0.25, 0.3) is 5.19 Å². The minimum Gasteiger partial charge on any atom is -0.464 e. The minimum atomic E-state index is -0.340. The Labute approximate surface area is 204 Å². The number of carbonyl (C=O) groups is 1. The van der Waals surface area contributed by atoms with E-state index in [-0.39, 0.29) is 11.6 Å². The molecule has 1 amide bonds. The number of likely N-dealkylation sites (tertiary alicyclic amines) is 2. The standard InChI is InChI=1S/C25H20N6O3S/c32-15-30-14-25(22-10-26-6-7-27-22)9-17(30)12-31(25)11-16-13-33-20-8-18(3-4-19(16)20)34-24-29-23-21(35-24)2-1-5-28-23/h1-8,10,13,15,17H,9,11-12,14H2/t17-,25-/m0/s1. The van der Waals surface area contributed by atoms with Gasteiger partial charge in [0, 0.05) is 61.3 Å². The highest BCUT2D eigenvalue weighted by atomic mass is 32.1. The first-order chi connectivity index (χ1) is 17.2. The van der Waals surface area contributed by atoms with Crippen LogP contribution in [-0.2, 0) is 16.9 Å².